The van der Waals surface area contributed by atoms with Crippen LogP contribution in [0, 0.1) is 6.92 Å². The summed E-state index contributed by atoms with van der Waals surface area (Å²) in [7, 11) is 2.13. The normalized spacial score (nSPS) is 15.3. The van der Waals surface area contributed by atoms with Crippen molar-refractivity contribution in [2.45, 2.75) is 6.92 Å². The second-order valence-corrected chi connectivity index (χ2v) is 6.89. The lowest BCUT2D eigenvalue weighted by molar-refractivity contribution is 0.102. The number of benzene rings is 1. The molecule has 0 atom stereocenters. The number of piperazine rings is 1. The third-order valence-corrected chi connectivity index (χ3v) is 4.93. The van der Waals surface area contributed by atoms with E-state index in [0.717, 1.165) is 31.7 Å². The van der Waals surface area contributed by atoms with Gasteiger partial charge in [0, 0.05) is 56.0 Å². The van der Waals surface area contributed by atoms with Gasteiger partial charge in [-0.1, -0.05) is 0 Å². The number of nitrogens with zero attached hydrogens (tertiary/aromatic N) is 4. The Bertz CT molecular complexity index is 1050. The molecule has 2 aromatic heterocycles. The van der Waals surface area contributed by atoms with Gasteiger partial charge < -0.3 is 20.1 Å². The van der Waals surface area contributed by atoms with Gasteiger partial charge in [0.15, 0.2) is 5.69 Å². The Morgan fingerprint density at radius 1 is 1.19 bits per heavy atom. The number of H-pyrrole nitrogens is 1. The van der Waals surface area contributed by atoms with Crippen molar-refractivity contribution in [1.82, 2.24) is 19.5 Å². The molecule has 0 saturated carbocycles. The molecule has 1 fully saturated rings. The average molecular weight is 366 g/mol. The maximum Gasteiger partial charge on any atom is 0.276 e. The van der Waals surface area contributed by atoms with Crippen LogP contribution in [0.15, 0.2) is 41.5 Å². The molecular formula is C19H22N6O2. The van der Waals surface area contributed by atoms with Crippen molar-refractivity contribution in [3.05, 3.63) is 58.3 Å². The summed E-state index contributed by atoms with van der Waals surface area (Å²) in [4.78, 5) is 31.5. The van der Waals surface area contributed by atoms with E-state index in [1.165, 1.54) is 22.5 Å². The number of aryl methyl sites for hydroxylation is 1. The summed E-state index contributed by atoms with van der Waals surface area (Å²) in [5.74, 6) is -0.343. The van der Waals surface area contributed by atoms with Crippen molar-refractivity contribution in [3.8, 4) is 0 Å². The van der Waals surface area contributed by atoms with Gasteiger partial charge in [-0.3, -0.25) is 9.59 Å². The van der Waals surface area contributed by atoms with E-state index in [-0.39, 0.29) is 17.2 Å². The predicted octanol–water partition coefficient (Wildman–Crippen LogP) is 1.34. The van der Waals surface area contributed by atoms with Crippen molar-refractivity contribution in [2.24, 2.45) is 0 Å². The molecule has 1 aromatic carbocycles. The quantitative estimate of drug-likeness (QED) is 0.731. The lowest BCUT2D eigenvalue weighted by atomic mass is 10.1. The number of nitrogens with one attached hydrogen (secondary N) is 2. The Balaban J connectivity index is 1.52. The molecule has 1 amide bonds. The van der Waals surface area contributed by atoms with E-state index in [1.54, 1.807) is 6.20 Å². The first-order valence-corrected chi connectivity index (χ1v) is 8.94. The molecule has 140 valence electrons. The molecule has 3 heterocycles. The van der Waals surface area contributed by atoms with E-state index in [4.69, 9.17) is 0 Å². The first-order valence-electron chi connectivity index (χ1n) is 8.94. The van der Waals surface area contributed by atoms with Gasteiger partial charge in [0.05, 0.1) is 0 Å². The predicted molar refractivity (Wildman–Crippen MR) is 105 cm³/mol. The maximum atomic E-state index is 12.5. The molecule has 8 nitrogen and oxygen atoms in total. The molecule has 0 bridgehead atoms. The first kappa shape index (κ1) is 17.3. The third-order valence-electron chi connectivity index (χ3n) is 4.93. The lowest BCUT2D eigenvalue weighted by Gasteiger charge is -2.35. The third kappa shape index (κ3) is 3.43. The van der Waals surface area contributed by atoms with Gasteiger partial charge in [-0.15, -0.1) is 0 Å². The van der Waals surface area contributed by atoms with Crippen molar-refractivity contribution >= 4 is 22.8 Å². The van der Waals surface area contributed by atoms with Crippen molar-refractivity contribution in [3.63, 3.8) is 0 Å². The summed E-state index contributed by atoms with van der Waals surface area (Å²) in [5, 5.41) is 7.02. The molecular weight excluding hydrogens is 344 g/mol. The molecule has 2 N–H and O–H groups in total. The zero-order chi connectivity index (χ0) is 19.0. The minimum Gasteiger partial charge on any atom is -0.369 e. The van der Waals surface area contributed by atoms with Crippen molar-refractivity contribution in [1.29, 1.82) is 0 Å². The minimum atomic E-state index is -0.343. The van der Waals surface area contributed by atoms with Crippen LogP contribution in [0.25, 0.3) is 5.52 Å². The number of aromatic nitrogens is 3. The van der Waals surface area contributed by atoms with Gasteiger partial charge in [-0.05, 0) is 37.7 Å². The van der Waals surface area contributed by atoms with Gasteiger partial charge in [-0.2, -0.15) is 5.10 Å². The monoisotopic (exact) mass is 366 g/mol. The fourth-order valence-electron chi connectivity index (χ4n) is 3.38. The number of hydrogen-bond donors (Lipinski definition) is 2. The molecule has 4 rings (SSSR count). The van der Waals surface area contributed by atoms with Crippen LogP contribution in [-0.4, -0.2) is 58.6 Å². The number of amides is 1. The molecule has 1 aliphatic rings. The molecule has 3 aromatic rings. The van der Waals surface area contributed by atoms with Crippen LogP contribution < -0.4 is 15.8 Å². The number of rotatable bonds is 3. The zero-order valence-corrected chi connectivity index (χ0v) is 15.4. The number of anilines is 2. The summed E-state index contributed by atoms with van der Waals surface area (Å²) in [6, 6.07) is 7.40. The number of fused-ring (bicyclic) bond motifs is 1. The molecule has 0 spiro atoms. The number of likely N-dealkylation sites (N-methyl/N-ethyl adjacent to an activating group) is 1. The Kier molecular flexibility index (Phi) is 4.41. The van der Waals surface area contributed by atoms with Gasteiger partial charge in [0.25, 0.3) is 11.5 Å². The highest BCUT2D eigenvalue weighted by atomic mass is 16.2. The highest BCUT2D eigenvalue weighted by Gasteiger charge is 2.17. The van der Waals surface area contributed by atoms with E-state index < -0.39 is 0 Å². The Labute approximate surface area is 156 Å². The fraction of sp³-hybridized carbons (Fsp3) is 0.316. The summed E-state index contributed by atoms with van der Waals surface area (Å²) in [6.45, 7) is 6.14. The largest absolute Gasteiger partial charge is 0.369 e. The lowest BCUT2D eigenvalue weighted by Crippen LogP contribution is -2.44. The van der Waals surface area contributed by atoms with Crippen LogP contribution in [0.1, 0.15) is 16.1 Å². The van der Waals surface area contributed by atoms with E-state index in [2.05, 4.69) is 32.2 Å². The second kappa shape index (κ2) is 6.88. The first-order chi connectivity index (χ1) is 13.0. The highest BCUT2D eigenvalue weighted by molar-refractivity contribution is 6.03. The van der Waals surface area contributed by atoms with Crippen molar-refractivity contribution in [2.75, 3.05) is 43.4 Å². The maximum absolute atomic E-state index is 12.5. The Hall–Kier alpha value is -3.13. The zero-order valence-electron chi connectivity index (χ0n) is 15.4. The number of hydrogen-bond acceptors (Lipinski definition) is 5. The summed E-state index contributed by atoms with van der Waals surface area (Å²) in [6.07, 6.45) is 3.09. The Morgan fingerprint density at radius 3 is 2.67 bits per heavy atom. The fourth-order valence-corrected chi connectivity index (χ4v) is 3.38. The molecule has 1 saturated heterocycles. The van der Waals surface area contributed by atoms with Crippen LogP contribution in [0.4, 0.5) is 11.4 Å². The molecule has 0 aliphatic carbocycles. The Morgan fingerprint density at radius 2 is 1.96 bits per heavy atom. The van der Waals surface area contributed by atoms with Crippen LogP contribution in [0.3, 0.4) is 0 Å². The molecule has 0 unspecified atom stereocenters. The topological polar surface area (TPSA) is 85.7 Å². The second-order valence-electron chi connectivity index (χ2n) is 6.89. The molecule has 0 radical (unpaired) electrons. The van der Waals surface area contributed by atoms with E-state index in [9.17, 15) is 9.59 Å². The van der Waals surface area contributed by atoms with Gasteiger partial charge in [-0.25, -0.2) is 4.52 Å². The molecule has 27 heavy (non-hydrogen) atoms. The van der Waals surface area contributed by atoms with Gasteiger partial charge >= 0.3 is 0 Å². The van der Waals surface area contributed by atoms with E-state index in [1.807, 2.05) is 25.1 Å². The molecule has 1 aliphatic heterocycles. The van der Waals surface area contributed by atoms with Crippen molar-refractivity contribution < 1.29 is 4.79 Å². The van der Waals surface area contributed by atoms with Crippen LogP contribution in [-0.2, 0) is 0 Å². The molecule has 8 heteroatoms. The number of carbonyl (C=O) groups is 1. The van der Waals surface area contributed by atoms with Gasteiger partial charge in [0.2, 0.25) is 0 Å². The van der Waals surface area contributed by atoms with Crippen LogP contribution >= 0.6 is 0 Å². The highest BCUT2D eigenvalue weighted by Crippen LogP contribution is 2.25. The number of aromatic amines is 1. The SMILES string of the molecule is Cc1cc(NC(=O)c2cc3c(=O)[nH]ccn3n2)ccc1N1CCN(C)CC1. The smallest absolute Gasteiger partial charge is 0.276 e. The van der Waals surface area contributed by atoms with E-state index >= 15 is 0 Å². The van der Waals surface area contributed by atoms with Crippen LogP contribution in [0.2, 0.25) is 0 Å². The van der Waals surface area contributed by atoms with Crippen LogP contribution in [0.5, 0.6) is 0 Å². The average Bonchev–Trinajstić information content (AvgIpc) is 3.09. The van der Waals surface area contributed by atoms with Gasteiger partial charge in [0.1, 0.15) is 5.52 Å². The summed E-state index contributed by atoms with van der Waals surface area (Å²) in [5.41, 5.74) is 3.28. The number of carbonyl (C=O) groups excluding carboxylic acids is 1. The standard InChI is InChI=1S/C19H22N6O2/c1-13-11-14(3-4-16(13)24-9-7-23(2)8-10-24)21-18(26)15-12-17-19(27)20-5-6-25(17)22-15/h3-6,11-12H,7-10H2,1-2H3,(H,20,27)(H,21,26). The summed E-state index contributed by atoms with van der Waals surface area (Å²) < 4.78 is 1.40. The summed E-state index contributed by atoms with van der Waals surface area (Å²) >= 11 is 0. The van der Waals surface area contributed by atoms with E-state index in [0.29, 0.717) is 11.2 Å². The minimum absolute atomic E-state index is 0.201.